The van der Waals surface area contributed by atoms with Crippen molar-refractivity contribution in [3.63, 3.8) is 0 Å². The molecule has 2 amide bonds. The maximum atomic E-state index is 12.6. The summed E-state index contributed by atoms with van der Waals surface area (Å²) < 4.78 is 0. The molecule has 0 saturated carbocycles. The zero-order valence-corrected chi connectivity index (χ0v) is 18.7. The van der Waals surface area contributed by atoms with Gasteiger partial charge in [-0.3, -0.25) is 14.5 Å². The molecule has 1 aromatic heterocycles. The number of amides is 2. The van der Waals surface area contributed by atoms with E-state index < -0.39 is 0 Å². The second kappa shape index (κ2) is 10.4. The number of rotatable bonds is 7. The minimum Gasteiger partial charge on any atom is -0.355 e. The molecule has 0 atom stereocenters. The normalized spacial score (nSPS) is 15.3. The Morgan fingerprint density at radius 2 is 1.83 bits per heavy atom. The van der Waals surface area contributed by atoms with Crippen molar-refractivity contribution in [3.05, 3.63) is 45.3 Å². The molecule has 1 aliphatic heterocycles. The van der Waals surface area contributed by atoms with Gasteiger partial charge in [-0.25, -0.2) is 0 Å². The fourth-order valence-electron chi connectivity index (χ4n) is 3.33. The third kappa shape index (κ3) is 6.44. The molecule has 0 spiro atoms. The Kier molecular flexibility index (Phi) is 7.95. The minimum atomic E-state index is -0.0616. The van der Waals surface area contributed by atoms with Crippen molar-refractivity contribution in [2.45, 2.75) is 32.2 Å². The number of benzene rings is 1. The number of carbonyl (C=O) groups is 2. The van der Waals surface area contributed by atoms with Crippen LogP contribution >= 0.6 is 34.5 Å². The van der Waals surface area contributed by atoms with Gasteiger partial charge in [0.25, 0.3) is 5.91 Å². The first-order chi connectivity index (χ1) is 13.9. The lowest BCUT2D eigenvalue weighted by atomic mass is 10.0. The van der Waals surface area contributed by atoms with Gasteiger partial charge in [-0.05, 0) is 55.2 Å². The molecule has 2 N–H and O–H groups in total. The first-order valence-electron chi connectivity index (χ1n) is 9.81. The van der Waals surface area contributed by atoms with Gasteiger partial charge in [-0.1, -0.05) is 30.1 Å². The Morgan fingerprint density at radius 3 is 2.48 bits per heavy atom. The maximum Gasteiger partial charge on any atom is 0.261 e. The monoisotopic (exact) mass is 453 g/mol. The zero-order valence-electron chi connectivity index (χ0n) is 16.3. The van der Waals surface area contributed by atoms with Crippen LogP contribution < -0.4 is 10.6 Å². The average Bonchev–Trinajstić information content (AvgIpc) is 3.18. The van der Waals surface area contributed by atoms with Crippen LogP contribution in [0.3, 0.4) is 0 Å². The third-order valence-electron chi connectivity index (χ3n) is 4.84. The van der Waals surface area contributed by atoms with E-state index in [-0.39, 0.29) is 17.9 Å². The molecule has 3 rings (SSSR count). The van der Waals surface area contributed by atoms with Crippen LogP contribution in [0.5, 0.6) is 0 Å². The van der Waals surface area contributed by atoms with Crippen LogP contribution in [0.4, 0.5) is 0 Å². The fourth-order valence-corrected chi connectivity index (χ4v) is 4.75. The fraction of sp³-hybridized carbons (Fsp3) is 0.429. The van der Waals surface area contributed by atoms with Gasteiger partial charge in [-0.2, -0.15) is 0 Å². The van der Waals surface area contributed by atoms with E-state index in [0.29, 0.717) is 21.5 Å². The Bertz CT molecular complexity index is 843. The second-order valence-corrected chi connectivity index (χ2v) is 9.15. The van der Waals surface area contributed by atoms with Crippen molar-refractivity contribution in [1.29, 1.82) is 0 Å². The summed E-state index contributed by atoms with van der Waals surface area (Å²) in [6.07, 6.45) is 2.62. The van der Waals surface area contributed by atoms with Gasteiger partial charge in [-0.15, -0.1) is 11.3 Å². The molecule has 5 nitrogen and oxygen atoms in total. The van der Waals surface area contributed by atoms with Crippen LogP contribution in [-0.4, -0.2) is 48.9 Å². The van der Waals surface area contributed by atoms with E-state index in [0.717, 1.165) is 49.3 Å². The molecule has 1 aromatic carbocycles. The smallest absolute Gasteiger partial charge is 0.261 e. The first-order valence-corrected chi connectivity index (χ1v) is 11.4. The average molecular weight is 454 g/mol. The van der Waals surface area contributed by atoms with Crippen LogP contribution in [0.1, 0.15) is 35.9 Å². The van der Waals surface area contributed by atoms with E-state index in [1.807, 2.05) is 31.2 Å². The van der Waals surface area contributed by atoms with Gasteiger partial charge in [0.05, 0.1) is 11.4 Å². The van der Waals surface area contributed by atoms with Crippen molar-refractivity contribution >= 4 is 46.4 Å². The molecule has 156 valence electrons. The second-order valence-electron chi connectivity index (χ2n) is 7.20. The number of hydrogen-bond donors (Lipinski definition) is 2. The minimum absolute atomic E-state index is 0.0616. The summed E-state index contributed by atoms with van der Waals surface area (Å²) in [6, 6.07) is 9.24. The van der Waals surface area contributed by atoms with E-state index in [9.17, 15) is 9.59 Å². The molecule has 2 aromatic rings. The number of hydrogen-bond acceptors (Lipinski definition) is 4. The predicted octanol–water partition coefficient (Wildman–Crippen LogP) is 4.44. The lowest BCUT2D eigenvalue weighted by Crippen LogP contribution is -2.47. The Labute approximate surface area is 185 Å². The van der Waals surface area contributed by atoms with E-state index >= 15 is 0 Å². The van der Waals surface area contributed by atoms with Crippen LogP contribution in [-0.2, 0) is 4.79 Å². The van der Waals surface area contributed by atoms with Crippen molar-refractivity contribution in [2.24, 2.45) is 0 Å². The largest absolute Gasteiger partial charge is 0.355 e. The summed E-state index contributed by atoms with van der Waals surface area (Å²) in [7, 11) is 0. The molecule has 0 aliphatic carbocycles. The first kappa shape index (κ1) is 22.1. The number of likely N-dealkylation sites (tertiary alicyclic amines) is 1. The zero-order chi connectivity index (χ0) is 20.8. The molecule has 8 heteroatoms. The summed E-state index contributed by atoms with van der Waals surface area (Å²) in [5.41, 5.74) is 0.904. The van der Waals surface area contributed by atoms with Crippen LogP contribution in [0.15, 0.2) is 30.3 Å². The van der Waals surface area contributed by atoms with Crippen molar-refractivity contribution in [3.8, 4) is 10.4 Å². The molecule has 0 bridgehead atoms. The highest BCUT2D eigenvalue weighted by molar-refractivity contribution is 7.17. The summed E-state index contributed by atoms with van der Waals surface area (Å²) in [5, 5.41) is 7.17. The molecule has 0 radical (unpaired) electrons. The number of piperidine rings is 1. The predicted molar refractivity (Wildman–Crippen MR) is 120 cm³/mol. The van der Waals surface area contributed by atoms with Gasteiger partial charge >= 0.3 is 0 Å². The van der Waals surface area contributed by atoms with Gasteiger partial charge in [0.15, 0.2) is 0 Å². The summed E-state index contributed by atoms with van der Waals surface area (Å²) in [6.45, 7) is 4.80. The van der Waals surface area contributed by atoms with Gasteiger partial charge in [0.1, 0.15) is 0 Å². The number of thiophene rings is 1. The maximum absolute atomic E-state index is 12.6. The van der Waals surface area contributed by atoms with Gasteiger partial charge in [0.2, 0.25) is 5.91 Å². The van der Waals surface area contributed by atoms with Crippen molar-refractivity contribution in [1.82, 2.24) is 15.5 Å². The van der Waals surface area contributed by atoms with E-state index in [1.54, 1.807) is 6.07 Å². The molecular weight excluding hydrogens is 429 g/mol. The topological polar surface area (TPSA) is 61.4 Å². The number of carbonyl (C=O) groups excluding carboxylic acids is 2. The summed E-state index contributed by atoms with van der Waals surface area (Å²) in [4.78, 5) is 28.2. The quantitative estimate of drug-likeness (QED) is 0.650. The van der Waals surface area contributed by atoms with Crippen LogP contribution in [0.25, 0.3) is 10.4 Å². The van der Waals surface area contributed by atoms with Gasteiger partial charge in [0, 0.05) is 40.6 Å². The molecule has 1 aliphatic rings. The lowest BCUT2D eigenvalue weighted by molar-refractivity contribution is -0.122. The molecular formula is C21H25Cl2N3O2S. The lowest BCUT2D eigenvalue weighted by Gasteiger charge is -2.31. The highest BCUT2D eigenvalue weighted by Crippen LogP contribution is 2.32. The number of halogens is 2. The van der Waals surface area contributed by atoms with Crippen LogP contribution in [0.2, 0.25) is 10.0 Å². The highest BCUT2D eigenvalue weighted by Gasteiger charge is 2.23. The summed E-state index contributed by atoms with van der Waals surface area (Å²) in [5.74, 6) is 0.00934. The number of nitrogens with zero attached hydrogens (tertiary/aromatic N) is 1. The third-order valence-corrected chi connectivity index (χ3v) is 6.41. The Hall–Kier alpha value is -1.60. The molecule has 1 saturated heterocycles. The van der Waals surface area contributed by atoms with E-state index in [4.69, 9.17) is 23.2 Å². The van der Waals surface area contributed by atoms with Crippen LogP contribution in [0, 0.1) is 0 Å². The number of nitrogens with one attached hydrogen (secondary N) is 2. The van der Waals surface area contributed by atoms with Crippen molar-refractivity contribution < 1.29 is 9.59 Å². The van der Waals surface area contributed by atoms with E-state index in [2.05, 4.69) is 15.5 Å². The molecule has 1 fully saturated rings. The molecule has 2 heterocycles. The Morgan fingerprint density at radius 1 is 1.14 bits per heavy atom. The standard InChI is InChI=1S/C21H25Cl2N3O2S/c1-2-7-24-20(27)13-26-8-5-17(6-9-26)25-21(28)19-4-3-18(29-19)14-10-15(22)12-16(23)11-14/h3-4,10-12,17H,2,5-9,13H2,1H3,(H,24,27)(H,25,28). The summed E-state index contributed by atoms with van der Waals surface area (Å²) >= 11 is 13.6. The Balaban J connectivity index is 1.50. The molecule has 0 unspecified atom stereocenters. The SMILES string of the molecule is CCCNC(=O)CN1CCC(NC(=O)c2ccc(-c3cc(Cl)cc(Cl)c3)s2)CC1. The molecule has 29 heavy (non-hydrogen) atoms. The highest BCUT2D eigenvalue weighted by atomic mass is 35.5. The van der Waals surface area contributed by atoms with Gasteiger partial charge < -0.3 is 10.6 Å². The van der Waals surface area contributed by atoms with E-state index in [1.165, 1.54) is 11.3 Å². The van der Waals surface area contributed by atoms with Crippen molar-refractivity contribution in [2.75, 3.05) is 26.2 Å².